The molecule has 1 saturated carbocycles. The van der Waals surface area contributed by atoms with Gasteiger partial charge in [0.1, 0.15) is 0 Å². The topological polar surface area (TPSA) is 53.6 Å². The van der Waals surface area contributed by atoms with E-state index >= 15 is 0 Å². The van der Waals surface area contributed by atoms with Gasteiger partial charge < -0.3 is 20.3 Å². The molecule has 1 aromatic carbocycles. The van der Waals surface area contributed by atoms with E-state index in [1.807, 2.05) is 0 Å². The van der Waals surface area contributed by atoms with Crippen LogP contribution in [0.5, 0.6) is 0 Å². The molecule has 1 aliphatic carbocycles. The lowest BCUT2D eigenvalue weighted by atomic mass is 9.91. The van der Waals surface area contributed by atoms with Gasteiger partial charge in [-0.2, -0.15) is 0 Å². The Labute approximate surface area is 151 Å². The van der Waals surface area contributed by atoms with Crippen molar-refractivity contribution in [1.82, 2.24) is 5.32 Å². The van der Waals surface area contributed by atoms with Crippen LogP contribution in [0.2, 0.25) is 0 Å². The summed E-state index contributed by atoms with van der Waals surface area (Å²) in [6.45, 7) is 7.77. The first-order valence-electron chi connectivity index (χ1n) is 9.53. The maximum Gasteiger partial charge on any atom is 0.217 e. The Morgan fingerprint density at radius 1 is 1.00 bits per heavy atom. The molecule has 1 amide bonds. The Morgan fingerprint density at radius 2 is 1.56 bits per heavy atom. The molecular formula is C20H31N3O2. The maximum atomic E-state index is 11.1. The fourth-order valence-electron chi connectivity index (χ4n) is 4.06. The van der Waals surface area contributed by atoms with Crippen LogP contribution in [0, 0.1) is 0 Å². The van der Waals surface area contributed by atoms with E-state index in [4.69, 9.17) is 4.74 Å². The summed E-state index contributed by atoms with van der Waals surface area (Å²) in [4.78, 5) is 13.6. The molecule has 1 aromatic rings. The third-order valence-corrected chi connectivity index (χ3v) is 5.16. The summed E-state index contributed by atoms with van der Waals surface area (Å²) < 4.78 is 5.81. The largest absolute Gasteiger partial charge is 0.382 e. The number of hydrogen-bond acceptors (Lipinski definition) is 4. The smallest absolute Gasteiger partial charge is 0.217 e. The number of carbonyl (C=O) groups excluding carboxylic acids is 1. The van der Waals surface area contributed by atoms with E-state index in [9.17, 15) is 4.79 Å². The van der Waals surface area contributed by atoms with Crippen molar-refractivity contribution in [2.24, 2.45) is 0 Å². The van der Waals surface area contributed by atoms with E-state index in [0.717, 1.165) is 38.8 Å². The Bertz CT molecular complexity index is 557. The number of ether oxygens (including phenoxy) is 1. The van der Waals surface area contributed by atoms with Gasteiger partial charge in [-0.15, -0.1) is 0 Å². The van der Waals surface area contributed by atoms with Crippen LogP contribution < -0.4 is 15.5 Å². The van der Waals surface area contributed by atoms with E-state index in [1.165, 1.54) is 11.4 Å². The van der Waals surface area contributed by atoms with E-state index in [-0.39, 0.29) is 18.1 Å². The molecule has 5 heteroatoms. The zero-order valence-electron chi connectivity index (χ0n) is 15.6. The minimum atomic E-state index is 0.0822. The van der Waals surface area contributed by atoms with Crippen molar-refractivity contribution in [3.8, 4) is 0 Å². The summed E-state index contributed by atoms with van der Waals surface area (Å²) in [5.41, 5.74) is 2.45. The van der Waals surface area contributed by atoms with Crippen LogP contribution in [-0.2, 0) is 9.53 Å². The number of morpholine rings is 1. The molecule has 2 fully saturated rings. The first-order valence-corrected chi connectivity index (χ1v) is 9.53. The number of hydrogen-bond donors (Lipinski definition) is 2. The standard InChI is InChI=1S/C20H31N3O2/c1-14-12-23(13-15(2)25-14)20-10-8-19(9-11-20)22-18-6-4-17(5-7-18)21-16(3)24/h8-11,14-15,17-18,22H,4-7,12-13H2,1-3H3,(H,21,24). The molecule has 5 nitrogen and oxygen atoms in total. The quantitative estimate of drug-likeness (QED) is 0.880. The lowest BCUT2D eigenvalue weighted by Crippen LogP contribution is -2.45. The summed E-state index contributed by atoms with van der Waals surface area (Å²) in [5, 5.41) is 6.68. The fraction of sp³-hybridized carbons (Fsp3) is 0.650. The molecule has 1 saturated heterocycles. The highest BCUT2D eigenvalue weighted by Crippen LogP contribution is 2.25. The molecule has 3 rings (SSSR count). The number of benzene rings is 1. The molecule has 2 unspecified atom stereocenters. The van der Waals surface area contributed by atoms with Crippen molar-refractivity contribution in [3.63, 3.8) is 0 Å². The Morgan fingerprint density at radius 3 is 2.12 bits per heavy atom. The second-order valence-corrected chi connectivity index (χ2v) is 7.60. The lowest BCUT2D eigenvalue weighted by molar-refractivity contribution is -0.119. The molecule has 138 valence electrons. The highest BCUT2D eigenvalue weighted by molar-refractivity contribution is 5.73. The second kappa shape index (κ2) is 8.09. The van der Waals surface area contributed by atoms with Crippen LogP contribution in [0.3, 0.4) is 0 Å². The molecule has 0 radical (unpaired) electrons. The average Bonchev–Trinajstić information content (AvgIpc) is 2.56. The van der Waals surface area contributed by atoms with Crippen molar-refractivity contribution >= 4 is 17.3 Å². The van der Waals surface area contributed by atoms with Gasteiger partial charge in [0, 0.05) is 43.5 Å². The maximum absolute atomic E-state index is 11.1. The van der Waals surface area contributed by atoms with Gasteiger partial charge in [-0.05, 0) is 63.8 Å². The second-order valence-electron chi connectivity index (χ2n) is 7.60. The zero-order chi connectivity index (χ0) is 17.8. The van der Waals surface area contributed by atoms with Crippen molar-refractivity contribution in [3.05, 3.63) is 24.3 Å². The first-order chi connectivity index (χ1) is 12.0. The predicted molar refractivity (Wildman–Crippen MR) is 102 cm³/mol. The monoisotopic (exact) mass is 345 g/mol. The van der Waals surface area contributed by atoms with Crippen LogP contribution in [0.4, 0.5) is 11.4 Å². The van der Waals surface area contributed by atoms with Gasteiger partial charge in [-0.25, -0.2) is 0 Å². The molecule has 25 heavy (non-hydrogen) atoms. The van der Waals surface area contributed by atoms with Crippen LogP contribution in [-0.4, -0.2) is 43.3 Å². The minimum absolute atomic E-state index is 0.0822. The number of nitrogens with zero attached hydrogens (tertiary/aromatic N) is 1. The number of rotatable bonds is 4. The van der Waals surface area contributed by atoms with Gasteiger partial charge in [0.2, 0.25) is 5.91 Å². The van der Waals surface area contributed by atoms with Crippen molar-refractivity contribution < 1.29 is 9.53 Å². The van der Waals surface area contributed by atoms with E-state index in [2.05, 4.69) is 53.6 Å². The lowest BCUT2D eigenvalue weighted by Gasteiger charge is -2.37. The Hall–Kier alpha value is -1.75. The SMILES string of the molecule is CC(=O)NC1CCC(Nc2ccc(N3CC(C)OC(C)C3)cc2)CC1. The number of amides is 1. The molecule has 2 aliphatic rings. The highest BCUT2D eigenvalue weighted by atomic mass is 16.5. The molecule has 0 bridgehead atoms. The Balaban J connectivity index is 1.51. The minimum Gasteiger partial charge on any atom is -0.382 e. The third kappa shape index (κ3) is 5.11. The van der Waals surface area contributed by atoms with Crippen molar-refractivity contribution in [2.45, 2.75) is 70.7 Å². The average molecular weight is 345 g/mol. The van der Waals surface area contributed by atoms with Crippen LogP contribution in [0.25, 0.3) is 0 Å². The third-order valence-electron chi connectivity index (χ3n) is 5.16. The van der Waals surface area contributed by atoms with Gasteiger partial charge in [-0.3, -0.25) is 4.79 Å². The first kappa shape index (κ1) is 18.1. The van der Waals surface area contributed by atoms with Gasteiger partial charge >= 0.3 is 0 Å². The highest BCUT2D eigenvalue weighted by Gasteiger charge is 2.23. The summed E-state index contributed by atoms with van der Waals surface area (Å²) in [5.74, 6) is 0.0822. The summed E-state index contributed by atoms with van der Waals surface area (Å²) in [7, 11) is 0. The molecule has 1 heterocycles. The van der Waals surface area contributed by atoms with Crippen LogP contribution in [0.15, 0.2) is 24.3 Å². The molecule has 1 aliphatic heterocycles. The summed E-state index contributed by atoms with van der Waals surface area (Å²) in [6, 6.07) is 9.62. The van der Waals surface area contributed by atoms with Crippen molar-refractivity contribution in [1.29, 1.82) is 0 Å². The van der Waals surface area contributed by atoms with Crippen LogP contribution in [0.1, 0.15) is 46.5 Å². The van der Waals surface area contributed by atoms with Gasteiger partial charge in [0.05, 0.1) is 12.2 Å². The normalized spacial score (nSPS) is 30.0. The molecule has 0 spiro atoms. The number of nitrogens with one attached hydrogen (secondary N) is 2. The van der Waals surface area contributed by atoms with E-state index in [1.54, 1.807) is 6.92 Å². The molecule has 0 aromatic heterocycles. The molecular weight excluding hydrogens is 314 g/mol. The van der Waals surface area contributed by atoms with E-state index < -0.39 is 0 Å². The Kier molecular flexibility index (Phi) is 5.84. The number of anilines is 2. The summed E-state index contributed by atoms with van der Waals surface area (Å²) >= 11 is 0. The zero-order valence-corrected chi connectivity index (χ0v) is 15.6. The summed E-state index contributed by atoms with van der Waals surface area (Å²) in [6.07, 6.45) is 4.87. The van der Waals surface area contributed by atoms with Gasteiger partial charge in [-0.1, -0.05) is 0 Å². The number of carbonyl (C=O) groups is 1. The van der Waals surface area contributed by atoms with Gasteiger partial charge in [0.15, 0.2) is 0 Å². The van der Waals surface area contributed by atoms with E-state index in [0.29, 0.717) is 12.1 Å². The van der Waals surface area contributed by atoms with Crippen molar-refractivity contribution in [2.75, 3.05) is 23.3 Å². The fourth-order valence-corrected chi connectivity index (χ4v) is 4.06. The molecule has 2 N–H and O–H groups in total. The van der Waals surface area contributed by atoms with Gasteiger partial charge in [0.25, 0.3) is 0 Å². The molecule has 2 atom stereocenters. The van der Waals surface area contributed by atoms with Crippen LogP contribution >= 0.6 is 0 Å². The predicted octanol–water partition coefficient (Wildman–Crippen LogP) is 3.16.